The topological polar surface area (TPSA) is 117 Å². The lowest BCUT2D eigenvalue weighted by atomic mass is 9.75. The molecule has 2 aromatic rings. The minimum absolute atomic E-state index is 0.0380. The highest BCUT2D eigenvalue weighted by atomic mass is 16.6. The number of nitrogens with zero attached hydrogens (tertiary/aromatic N) is 3. The number of hydrogen-bond donors (Lipinski definition) is 2. The lowest BCUT2D eigenvalue weighted by molar-refractivity contribution is -0.118. The van der Waals surface area contributed by atoms with Crippen molar-refractivity contribution in [2.45, 2.75) is 37.3 Å². The van der Waals surface area contributed by atoms with E-state index in [4.69, 9.17) is 9.47 Å². The molecule has 2 aliphatic carbocycles. The van der Waals surface area contributed by atoms with Gasteiger partial charge < -0.3 is 20.1 Å². The zero-order chi connectivity index (χ0) is 22.6. The predicted octanol–water partition coefficient (Wildman–Crippen LogP) is 2.15. The number of fused-ring (bicyclic) bond motifs is 2. The summed E-state index contributed by atoms with van der Waals surface area (Å²) < 4.78 is 11.1. The van der Waals surface area contributed by atoms with Crippen LogP contribution in [0.2, 0.25) is 0 Å². The zero-order valence-corrected chi connectivity index (χ0v) is 18.0. The molecule has 1 unspecified atom stereocenters. The molecule has 2 N–H and O–H groups in total. The maximum Gasteiger partial charge on any atom is 0.416 e. The normalized spacial score (nSPS) is 27.2. The van der Waals surface area contributed by atoms with Crippen LogP contribution >= 0.6 is 0 Å². The Hall–Kier alpha value is -3.64. The Kier molecular flexibility index (Phi) is 4.52. The van der Waals surface area contributed by atoms with Gasteiger partial charge in [-0.3, -0.25) is 9.69 Å². The number of ether oxygens (including phenoxy) is 2. The maximum atomic E-state index is 12.6. The summed E-state index contributed by atoms with van der Waals surface area (Å²) in [6, 6.07) is 12.0. The summed E-state index contributed by atoms with van der Waals surface area (Å²) >= 11 is 0. The number of rotatable bonds is 4. The van der Waals surface area contributed by atoms with Crippen LogP contribution in [-0.2, 0) is 22.4 Å². The lowest BCUT2D eigenvalue weighted by Gasteiger charge is -2.43. The van der Waals surface area contributed by atoms with Crippen LogP contribution in [-0.4, -0.2) is 48.3 Å². The third-order valence-electron chi connectivity index (χ3n) is 7.03. The van der Waals surface area contributed by atoms with Crippen molar-refractivity contribution in [3.8, 4) is 11.8 Å². The molecule has 2 fully saturated rings. The SMILES string of the molecule is N#Cc1cccc2c1CC(CNC1CC3(C1)CN(c1ccc4c(n1)NC(=O)CO4)C(=O)O3)C2. The molecule has 1 atom stereocenters. The number of pyridine rings is 1. The second-order valence-corrected chi connectivity index (χ2v) is 9.33. The third kappa shape index (κ3) is 3.47. The maximum absolute atomic E-state index is 12.6. The fourth-order valence-electron chi connectivity index (χ4n) is 5.42. The quantitative estimate of drug-likeness (QED) is 0.741. The van der Waals surface area contributed by atoms with Crippen molar-refractivity contribution in [3.63, 3.8) is 0 Å². The van der Waals surface area contributed by atoms with Crippen molar-refractivity contribution < 1.29 is 19.1 Å². The molecule has 1 aromatic heterocycles. The molecule has 0 bridgehead atoms. The lowest BCUT2D eigenvalue weighted by Crippen LogP contribution is -2.56. The van der Waals surface area contributed by atoms with Gasteiger partial charge in [0, 0.05) is 18.9 Å². The van der Waals surface area contributed by atoms with E-state index in [9.17, 15) is 14.9 Å². The molecule has 0 radical (unpaired) electrons. The molecule has 9 nitrogen and oxygen atoms in total. The van der Waals surface area contributed by atoms with E-state index in [0.29, 0.717) is 35.9 Å². The van der Waals surface area contributed by atoms with Crippen LogP contribution in [0.3, 0.4) is 0 Å². The Morgan fingerprint density at radius 3 is 2.97 bits per heavy atom. The number of aromatic nitrogens is 1. The first-order valence-electron chi connectivity index (χ1n) is 11.2. The van der Waals surface area contributed by atoms with Gasteiger partial charge in [0.2, 0.25) is 0 Å². The number of nitriles is 1. The predicted molar refractivity (Wildman–Crippen MR) is 118 cm³/mol. The zero-order valence-electron chi connectivity index (χ0n) is 18.0. The molecule has 1 aromatic carbocycles. The van der Waals surface area contributed by atoms with Crippen LogP contribution in [0.15, 0.2) is 30.3 Å². The van der Waals surface area contributed by atoms with E-state index in [1.165, 1.54) is 16.0 Å². The largest absolute Gasteiger partial charge is 0.480 e. The Balaban J connectivity index is 1.05. The standard InChI is InChI=1S/C24H23N5O4/c25-10-16-3-1-2-15-6-14(7-18(15)16)11-26-17-8-24(9-17)13-29(23(31)33-24)20-5-4-19-22(27-20)28-21(30)12-32-19/h1-5,14,17,26H,6-9,11-13H2,(H,27,28,30). The first-order valence-corrected chi connectivity index (χ1v) is 11.2. The van der Waals surface area contributed by atoms with Crippen LogP contribution in [0.1, 0.15) is 29.5 Å². The Labute approximate surface area is 190 Å². The summed E-state index contributed by atoms with van der Waals surface area (Å²) in [6.45, 7) is 1.28. The van der Waals surface area contributed by atoms with Crippen molar-refractivity contribution in [3.05, 3.63) is 47.0 Å². The van der Waals surface area contributed by atoms with Crippen molar-refractivity contribution in [1.82, 2.24) is 10.3 Å². The Morgan fingerprint density at radius 2 is 2.12 bits per heavy atom. The molecule has 1 saturated heterocycles. The monoisotopic (exact) mass is 445 g/mol. The van der Waals surface area contributed by atoms with Crippen molar-refractivity contribution >= 4 is 23.6 Å². The summed E-state index contributed by atoms with van der Waals surface area (Å²) in [4.78, 5) is 30.1. The number of benzene rings is 1. The van der Waals surface area contributed by atoms with E-state index in [0.717, 1.165) is 37.8 Å². The van der Waals surface area contributed by atoms with Gasteiger partial charge in [0.25, 0.3) is 5.91 Å². The van der Waals surface area contributed by atoms with Gasteiger partial charge in [-0.15, -0.1) is 0 Å². The summed E-state index contributed by atoms with van der Waals surface area (Å²) in [5.74, 6) is 1.46. The van der Waals surface area contributed by atoms with Crippen LogP contribution in [0, 0.1) is 17.2 Å². The summed E-state index contributed by atoms with van der Waals surface area (Å²) in [5.41, 5.74) is 2.76. The molecule has 2 aliphatic heterocycles. The van der Waals surface area contributed by atoms with Gasteiger partial charge in [0.1, 0.15) is 11.4 Å². The minimum atomic E-state index is -0.501. The van der Waals surface area contributed by atoms with Gasteiger partial charge in [0.05, 0.1) is 18.2 Å². The van der Waals surface area contributed by atoms with E-state index < -0.39 is 11.7 Å². The highest BCUT2D eigenvalue weighted by Gasteiger charge is 2.54. The van der Waals surface area contributed by atoms with Gasteiger partial charge >= 0.3 is 6.09 Å². The third-order valence-corrected chi connectivity index (χ3v) is 7.03. The minimum Gasteiger partial charge on any atom is -0.480 e. The van der Waals surface area contributed by atoms with E-state index in [-0.39, 0.29) is 12.5 Å². The average molecular weight is 445 g/mol. The van der Waals surface area contributed by atoms with Crippen LogP contribution in [0.4, 0.5) is 16.4 Å². The van der Waals surface area contributed by atoms with Gasteiger partial charge in [-0.25, -0.2) is 9.78 Å². The van der Waals surface area contributed by atoms with Crippen LogP contribution < -0.4 is 20.3 Å². The van der Waals surface area contributed by atoms with E-state index in [1.807, 2.05) is 12.1 Å². The van der Waals surface area contributed by atoms with E-state index in [1.54, 1.807) is 12.1 Å². The summed E-state index contributed by atoms with van der Waals surface area (Å²) in [7, 11) is 0. The summed E-state index contributed by atoms with van der Waals surface area (Å²) in [6.07, 6.45) is 3.01. The van der Waals surface area contributed by atoms with E-state index >= 15 is 0 Å². The molecule has 33 heavy (non-hydrogen) atoms. The molecule has 9 heteroatoms. The molecule has 1 spiro atoms. The van der Waals surface area contributed by atoms with Crippen molar-refractivity contribution in [1.29, 1.82) is 5.26 Å². The highest BCUT2D eigenvalue weighted by Crippen LogP contribution is 2.43. The molecule has 1 saturated carbocycles. The molecule has 4 aliphatic rings. The fraction of sp³-hybridized carbons (Fsp3) is 0.417. The second-order valence-electron chi connectivity index (χ2n) is 9.33. The highest BCUT2D eigenvalue weighted by molar-refractivity contribution is 5.95. The second kappa shape index (κ2) is 7.46. The molecule has 3 heterocycles. The molecule has 2 amide bonds. The average Bonchev–Trinajstić information content (AvgIpc) is 3.37. The number of carbonyl (C=O) groups is 2. The van der Waals surface area contributed by atoms with Crippen molar-refractivity contribution in [2.75, 3.05) is 29.9 Å². The van der Waals surface area contributed by atoms with E-state index in [2.05, 4.69) is 27.8 Å². The number of hydrogen-bond acceptors (Lipinski definition) is 7. The first kappa shape index (κ1) is 20.0. The number of carbonyl (C=O) groups excluding carboxylic acids is 2. The molecular formula is C24H23N5O4. The van der Waals surface area contributed by atoms with Gasteiger partial charge in [-0.05, 0) is 54.6 Å². The van der Waals surface area contributed by atoms with Crippen LogP contribution in [0.5, 0.6) is 5.75 Å². The number of anilines is 2. The van der Waals surface area contributed by atoms with Crippen molar-refractivity contribution in [2.24, 2.45) is 5.92 Å². The first-order chi connectivity index (χ1) is 16.0. The molecular weight excluding hydrogens is 422 g/mol. The number of amides is 2. The molecule has 168 valence electrons. The number of nitrogens with one attached hydrogen (secondary N) is 2. The smallest absolute Gasteiger partial charge is 0.416 e. The summed E-state index contributed by atoms with van der Waals surface area (Å²) in [5, 5.41) is 15.6. The van der Waals surface area contributed by atoms with Crippen LogP contribution in [0.25, 0.3) is 0 Å². The Bertz CT molecular complexity index is 1200. The fourth-order valence-corrected chi connectivity index (χ4v) is 5.42. The van der Waals surface area contributed by atoms with Gasteiger partial charge in [0.15, 0.2) is 18.2 Å². The Morgan fingerprint density at radius 1 is 1.24 bits per heavy atom. The molecule has 6 rings (SSSR count). The van der Waals surface area contributed by atoms with Gasteiger partial charge in [-0.2, -0.15) is 5.26 Å². The van der Waals surface area contributed by atoms with Gasteiger partial charge in [-0.1, -0.05) is 12.1 Å².